The normalized spacial score (nSPS) is 31.7. The van der Waals surface area contributed by atoms with Gasteiger partial charge in [-0.25, -0.2) is 9.37 Å². The summed E-state index contributed by atoms with van der Waals surface area (Å²) in [6.07, 6.45) is 7.19. The number of carbonyl (C=O) groups excluding carboxylic acids is 1. The number of alkyl halides is 1. The number of nitrogens with one attached hydrogen (secondary N) is 3. The number of carbonyl (C=O) groups is 1. The van der Waals surface area contributed by atoms with Crippen LogP contribution in [0.15, 0.2) is 18.5 Å². The molecule has 0 saturated heterocycles. The van der Waals surface area contributed by atoms with Crippen molar-refractivity contribution in [2.45, 2.75) is 50.7 Å². The predicted molar refractivity (Wildman–Crippen MR) is 96.5 cm³/mol. The van der Waals surface area contributed by atoms with Crippen LogP contribution in [-0.2, 0) is 0 Å². The van der Waals surface area contributed by atoms with E-state index in [-0.39, 0.29) is 11.9 Å². The molecule has 2 bridgehead atoms. The van der Waals surface area contributed by atoms with Crippen LogP contribution in [0.5, 0.6) is 0 Å². The maximum absolute atomic E-state index is 14.9. The second-order valence-electron chi connectivity index (χ2n) is 7.82. The van der Waals surface area contributed by atoms with Crippen molar-refractivity contribution in [3.8, 4) is 0 Å². The van der Waals surface area contributed by atoms with Crippen molar-refractivity contribution >= 4 is 22.6 Å². The summed E-state index contributed by atoms with van der Waals surface area (Å²) < 4.78 is 14.9. The Morgan fingerprint density at radius 1 is 1.44 bits per heavy atom. The van der Waals surface area contributed by atoms with Crippen LogP contribution in [-0.4, -0.2) is 34.6 Å². The third-order valence-corrected chi connectivity index (χ3v) is 5.91. The second-order valence-corrected chi connectivity index (χ2v) is 7.82. The van der Waals surface area contributed by atoms with Crippen LogP contribution in [0.3, 0.4) is 0 Å². The van der Waals surface area contributed by atoms with Crippen LogP contribution < -0.4 is 10.6 Å². The molecule has 2 aliphatic carbocycles. The molecule has 0 radical (unpaired) electrons. The van der Waals surface area contributed by atoms with Gasteiger partial charge < -0.3 is 15.6 Å². The van der Waals surface area contributed by atoms with Crippen molar-refractivity contribution in [1.29, 1.82) is 0 Å². The first-order chi connectivity index (χ1) is 12.0. The molecule has 2 aromatic heterocycles. The topological polar surface area (TPSA) is 69.8 Å². The number of aromatic amines is 1. The molecule has 4 atom stereocenters. The first kappa shape index (κ1) is 16.4. The van der Waals surface area contributed by atoms with E-state index in [4.69, 9.17) is 0 Å². The number of amides is 1. The van der Waals surface area contributed by atoms with E-state index in [9.17, 15) is 9.18 Å². The van der Waals surface area contributed by atoms with E-state index in [1.165, 1.54) is 0 Å². The predicted octanol–water partition coefficient (Wildman–Crippen LogP) is 3.64. The zero-order valence-electron chi connectivity index (χ0n) is 14.7. The lowest BCUT2D eigenvalue weighted by molar-refractivity contribution is 0.00146. The fourth-order valence-corrected chi connectivity index (χ4v) is 4.87. The number of halogens is 1. The molecule has 2 aliphatic rings. The number of hydrogen-bond donors (Lipinski definition) is 3. The number of H-pyrrole nitrogens is 1. The number of rotatable bonds is 3. The van der Waals surface area contributed by atoms with Crippen LogP contribution in [0.1, 0.15) is 49.4 Å². The minimum atomic E-state index is -0.994. The molecule has 1 amide bonds. The highest BCUT2D eigenvalue weighted by Crippen LogP contribution is 2.48. The number of pyridine rings is 1. The summed E-state index contributed by atoms with van der Waals surface area (Å²) in [5.74, 6) is 0.560. The Hall–Kier alpha value is -2.11. The summed E-state index contributed by atoms with van der Waals surface area (Å²) in [6, 6.07) is 2.12. The summed E-state index contributed by atoms with van der Waals surface area (Å²) in [5, 5.41) is 7.19. The number of nitrogens with zero attached hydrogens (tertiary/aromatic N) is 1. The van der Waals surface area contributed by atoms with Crippen molar-refractivity contribution in [2.24, 2.45) is 11.8 Å². The minimum absolute atomic E-state index is 0.161. The van der Waals surface area contributed by atoms with Crippen LogP contribution in [0.4, 0.5) is 10.1 Å². The molecule has 2 fully saturated rings. The molecule has 4 rings (SSSR count). The third-order valence-electron chi connectivity index (χ3n) is 5.91. The first-order valence-corrected chi connectivity index (χ1v) is 9.13. The van der Waals surface area contributed by atoms with Crippen molar-refractivity contribution in [1.82, 2.24) is 15.3 Å². The molecule has 0 spiro atoms. The second kappa shape index (κ2) is 6.00. The Kier molecular flexibility index (Phi) is 3.93. The lowest BCUT2D eigenvalue weighted by atomic mass is 9.64. The third kappa shape index (κ3) is 2.87. The van der Waals surface area contributed by atoms with Gasteiger partial charge in [-0.05, 0) is 50.0 Å². The molecule has 5 nitrogen and oxygen atoms in total. The highest BCUT2D eigenvalue weighted by atomic mass is 19.1. The van der Waals surface area contributed by atoms with Gasteiger partial charge in [0.25, 0.3) is 5.91 Å². The fourth-order valence-electron chi connectivity index (χ4n) is 4.87. The zero-order chi connectivity index (χ0) is 17.6. The highest BCUT2D eigenvalue weighted by Gasteiger charge is 2.46. The zero-order valence-corrected chi connectivity index (χ0v) is 14.7. The summed E-state index contributed by atoms with van der Waals surface area (Å²) in [7, 11) is 1.62. The van der Waals surface area contributed by atoms with Gasteiger partial charge >= 0.3 is 0 Å². The van der Waals surface area contributed by atoms with Gasteiger partial charge in [-0.1, -0.05) is 6.92 Å². The molecule has 1 unspecified atom stereocenters. The number of anilines is 1. The van der Waals surface area contributed by atoms with Crippen molar-refractivity contribution in [3.05, 3.63) is 24.0 Å². The lowest BCUT2D eigenvalue weighted by Crippen LogP contribution is -2.47. The SMILES string of the molecule is CNC(=O)c1cnc2[nH]ccc2c1N[C@@H]1CC[C@]2(F)CC(C)C[C@H]1C2. The summed E-state index contributed by atoms with van der Waals surface area (Å²) in [5.41, 5.74) is 1.10. The van der Waals surface area contributed by atoms with E-state index in [1.54, 1.807) is 13.2 Å². The smallest absolute Gasteiger partial charge is 0.254 e. The van der Waals surface area contributed by atoms with Crippen LogP contribution in [0, 0.1) is 11.8 Å². The average molecular weight is 344 g/mol. The first-order valence-electron chi connectivity index (χ1n) is 9.13. The Morgan fingerprint density at radius 3 is 3.08 bits per heavy atom. The van der Waals surface area contributed by atoms with Gasteiger partial charge in [0.1, 0.15) is 11.3 Å². The molecule has 0 aromatic carbocycles. The number of aromatic nitrogens is 2. The molecule has 0 aliphatic heterocycles. The Morgan fingerprint density at radius 2 is 2.28 bits per heavy atom. The molecule has 25 heavy (non-hydrogen) atoms. The molecule has 3 N–H and O–H groups in total. The Labute approximate surface area is 146 Å². The van der Waals surface area contributed by atoms with Crippen molar-refractivity contribution in [2.75, 3.05) is 12.4 Å². The van der Waals surface area contributed by atoms with Crippen LogP contribution in [0.2, 0.25) is 0 Å². The van der Waals surface area contributed by atoms with Gasteiger partial charge in [0.15, 0.2) is 0 Å². The molecule has 2 aromatic rings. The van der Waals surface area contributed by atoms with E-state index < -0.39 is 5.67 Å². The average Bonchev–Trinajstić information content (AvgIpc) is 3.05. The molecule has 134 valence electrons. The molecular formula is C19H25FN4O. The van der Waals surface area contributed by atoms with Gasteiger partial charge in [-0.2, -0.15) is 0 Å². The number of fused-ring (bicyclic) bond motifs is 3. The van der Waals surface area contributed by atoms with E-state index in [0.717, 1.165) is 29.6 Å². The summed E-state index contributed by atoms with van der Waals surface area (Å²) in [4.78, 5) is 19.7. The van der Waals surface area contributed by atoms with Crippen molar-refractivity contribution in [3.63, 3.8) is 0 Å². The fraction of sp³-hybridized carbons (Fsp3) is 0.579. The van der Waals surface area contributed by atoms with Gasteiger partial charge in [0, 0.05) is 30.9 Å². The monoisotopic (exact) mass is 344 g/mol. The molecule has 2 saturated carbocycles. The quantitative estimate of drug-likeness (QED) is 0.796. The van der Waals surface area contributed by atoms with Gasteiger partial charge in [0.05, 0.1) is 11.3 Å². The standard InChI is InChI=1S/C19H25FN4O/c1-11-7-12-9-19(20,8-11)5-3-15(12)24-16-13-4-6-22-17(13)23-10-14(16)18(25)21-2/h4,6,10-12,15H,3,5,7-9H2,1-2H3,(H,21,25)(H2,22,23,24)/t11?,12-,15+,19-/m0/s1. The van der Waals surface area contributed by atoms with Crippen LogP contribution >= 0.6 is 0 Å². The van der Waals surface area contributed by atoms with Crippen molar-refractivity contribution < 1.29 is 9.18 Å². The minimum Gasteiger partial charge on any atom is -0.381 e. The lowest BCUT2D eigenvalue weighted by Gasteiger charge is -2.47. The molecule has 2 heterocycles. The van der Waals surface area contributed by atoms with E-state index in [0.29, 0.717) is 36.7 Å². The van der Waals surface area contributed by atoms with Gasteiger partial charge in [0.2, 0.25) is 0 Å². The largest absolute Gasteiger partial charge is 0.381 e. The summed E-state index contributed by atoms with van der Waals surface area (Å²) >= 11 is 0. The van der Waals surface area contributed by atoms with Gasteiger partial charge in [-0.15, -0.1) is 0 Å². The Balaban J connectivity index is 1.68. The molecular weight excluding hydrogens is 319 g/mol. The van der Waals surface area contributed by atoms with E-state index >= 15 is 0 Å². The van der Waals surface area contributed by atoms with Crippen LogP contribution in [0.25, 0.3) is 11.0 Å². The van der Waals surface area contributed by atoms with Gasteiger partial charge in [-0.3, -0.25) is 4.79 Å². The van der Waals surface area contributed by atoms with E-state index in [2.05, 4.69) is 27.5 Å². The van der Waals surface area contributed by atoms with E-state index in [1.807, 2.05) is 12.3 Å². The Bertz CT molecular complexity index is 804. The summed E-state index contributed by atoms with van der Waals surface area (Å²) in [6.45, 7) is 2.15. The highest BCUT2D eigenvalue weighted by molar-refractivity contribution is 6.06. The number of hydrogen-bond acceptors (Lipinski definition) is 3. The maximum atomic E-state index is 14.9. The molecule has 6 heteroatoms. The maximum Gasteiger partial charge on any atom is 0.254 e.